The molecule has 0 fully saturated rings. The Kier molecular flexibility index (Phi) is 7.45. The van der Waals surface area contributed by atoms with Crippen LogP contribution in [0.5, 0.6) is 0 Å². The first-order chi connectivity index (χ1) is 6.26. The van der Waals surface area contributed by atoms with Gasteiger partial charge in [0.2, 0.25) is 0 Å². The second-order valence-electron chi connectivity index (χ2n) is 1.96. The first-order valence-electron chi connectivity index (χ1n) is 3.51. The van der Waals surface area contributed by atoms with Crippen LogP contribution in [-0.4, -0.2) is 18.4 Å². The van der Waals surface area contributed by atoms with Gasteiger partial charge in [0, 0.05) is 0 Å². The summed E-state index contributed by atoms with van der Waals surface area (Å²) in [5.74, 6) is -0.291. The van der Waals surface area contributed by atoms with E-state index in [4.69, 9.17) is 23.2 Å². The molecule has 1 aromatic rings. The van der Waals surface area contributed by atoms with Gasteiger partial charge in [0.05, 0.1) is 18.0 Å². The summed E-state index contributed by atoms with van der Waals surface area (Å²) in [7, 11) is 1.37. The first kappa shape index (κ1) is 12.3. The van der Waals surface area contributed by atoms with Gasteiger partial charge in [-0.25, -0.2) is 4.79 Å². The molecule has 0 saturated carbocycles. The van der Waals surface area contributed by atoms with Crippen molar-refractivity contribution in [3.05, 3.63) is 35.9 Å². The lowest BCUT2D eigenvalue weighted by molar-refractivity contribution is 0.0601. The highest BCUT2D eigenvalue weighted by atomic mass is 35.5. The zero-order chi connectivity index (χ0) is 10.1. The minimum Gasteiger partial charge on any atom is -0.465 e. The number of carbonyl (C=O) groups is 1. The normalized spacial score (nSPS) is 8.23. The Morgan fingerprint density at radius 1 is 1.31 bits per heavy atom. The van der Waals surface area contributed by atoms with E-state index in [1.54, 1.807) is 24.3 Å². The van der Waals surface area contributed by atoms with Gasteiger partial charge < -0.3 is 4.74 Å². The van der Waals surface area contributed by atoms with Gasteiger partial charge in [-0.05, 0) is 12.1 Å². The number of ether oxygens (including phenoxy) is 1. The molecule has 0 heterocycles. The fourth-order valence-corrected chi connectivity index (χ4v) is 0.692. The largest absolute Gasteiger partial charge is 0.465 e. The maximum Gasteiger partial charge on any atom is 0.337 e. The fraction of sp³-hybridized carbons (Fsp3) is 0.222. The van der Waals surface area contributed by atoms with Crippen molar-refractivity contribution in [2.24, 2.45) is 0 Å². The third kappa shape index (κ3) is 5.50. The molecule has 0 unspecified atom stereocenters. The van der Waals surface area contributed by atoms with Crippen molar-refractivity contribution in [3.8, 4) is 0 Å². The molecule has 0 bridgehead atoms. The summed E-state index contributed by atoms with van der Waals surface area (Å²) in [5.41, 5.74) is 0.588. The van der Waals surface area contributed by atoms with Crippen molar-refractivity contribution < 1.29 is 9.53 Å². The predicted molar refractivity (Wildman–Crippen MR) is 54.4 cm³/mol. The molecule has 4 heteroatoms. The Labute approximate surface area is 87.4 Å². The van der Waals surface area contributed by atoms with E-state index >= 15 is 0 Å². The van der Waals surface area contributed by atoms with Crippen molar-refractivity contribution in [1.82, 2.24) is 0 Å². The molecule has 0 amide bonds. The summed E-state index contributed by atoms with van der Waals surface area (Å²) < 4.78 is 4.50. The lowest BCUT2D eigenvalue weighted by Gasteiger charge is -1.95. The van der Waals surface area contributed by atoms with Gasteiger partial charge in [0.1, 0.15) is 0 Å². The summed E-state index contributed by atoms with van der Waals surface area (Å²) in [6.07, 6.45) is 0. The maximum atomic E-state index is 10.8. The number of rotatable bonds is 1. The van der Waals surface area contributed by atoms with Crippen LogP contribution in [0.15, 0.2) is 30.3 Å². The number of carbonyl (C=O) groups excluding carboxylic acids is 1. The minimum atomic E-state index is -0.291. The molecule has 0 aliphatic heterocycles. The first-order valence-corrected chi connectivity index (χ1v) is 4.58. The summed E-state index contributed by atoms with van der Waals surface area (Å²) >= 11 is 9.53. The number of halogens is 2. The highest BCUT2D eigenvalue weighted by molar-refractivity contribution is 6.40. The molecule has 1 aromatic carbocycles. The molecule has 0 saturated heterocycles. The predicted octanol–water partition coefficient (Wildman–Crippen LogP) is 2.89. The molecule has 0 N–H and O–H groups in total. The lowest BCUT2D eigenvalue weighted by atomic mass is 10.2. The summed E-state index contributed by atoms with van der Waals surface area (Å²) in [6, 6.07) is 8.88. The third-order valence-corrected chi connectivity index (χ3v) is 1.19. The van der Waals surface area contributed by atoms with Gasteiger partial charge >= 0.3 is 5.97 Å². The Balaban J connectivity index is 0.000000424. The Hall–Kier alpha value is -0.730. The van der Waals surface area contributed by atoms with Crippen LogP contribution in [0, 0.1) is 0 Å². The Morgan fingerprint density at radius 3 is 2.15 bits per heavy atom. The zero-order valence-electron chi connectivity index (χ0n) is 7.17. The topological polar surface area (TPSA) is 26.3 Å². The smallest absolute Gasteiger partial charge is 0.337 e. The van der Waals surface area contributed by atoms with Gasteiger partial charge in [-0.2, -0.15) is 0 Å². The van der Waals surface area contributed by atoms with Crippen LogP contribution < -0.4 is 0 Å². The molecule has 0 spiro atoms. The molecular formula is C9H10Cl2O2. The van der Waals surface area contributed by atoms with Gasteiger partial charge in [0.25, 0.3) is 0 Å². The molecule has 0 atom stereocenters. The molecule has 0 aliphatic rings. The number of methoxy groups -OCH3 is 1. The average molecular weight is 221 g/mol. The Bertz CT molecular complexity index is 237. The van der Waals surface area contributed by atoms with Crippen LogP contribution in [0.2, 0.25) is 0 Å². The average Bonchev–Trinajstić information content (AvgIpc) is 2.19. The quantitative estimate of drug-likeness (QED) is 0.538. The molecule has 1 rings (SSSR count). The van der Waals surface area contributed by atoms with Crippen LogP contribution in [0.3, 0.4) is 0 Å². The molecule has 13 heavy (non-hydrogen) atoms. The standard InChI is InChI=1S/C8H8O2.CH2Cl2/c1-10-8(9)7-5-3-2-4-6-7;2-1-3/h2-6H,1H3;1H2. The van der Waals surface area contributed by atoms with Crippen LogP contribution in [-0.2, 0) is 4.74 Å². The van der Waals surface area contributed by atoms with E-state index in [-0.39, 0.29) is 11.3 Å². The molecule has 72 valence electrons. The number of hydrogen-bond acceptors (Lipinski definition) is 2. The van der Waals surface area contributed by atoms with Crippen molar-refractivity contribution >= 4 is 29.2 Å². The van der Waals surface area contributed by atoms with E-state index in [1.807, 2.05) is 6.07 Å². The van der Waals surface area contributed by atoms with Gasteiger partial charge in [-0.1, -0.05) is 18.2 Å². The maximum absolute atomic E-state index is 10.8. The summed E-state index contributed by atoms with van der Waals surface area (Å²) in [5, 5.41) is 0.194. The highest BCUT2D eigenvalue weighted by Gasteiger charge is 2.00. The second-order valence-corrected chi connectivity index (χ2v) is 2.77. The summed E-state index contributed by atoms with van der Waals surface area (Å²) in [4.78, 5) is 10.8. The zero-order valence-corrected chi connectivity index (χ0v) is 8.68. The molecule has 0 radical (unpaired) electrons. The van der Waals surface area contributed by atoms with Crippen molar-refractivity contribution in [3.63, 3.8) is 0 Å². The van der Waals surface area contributed by atoms with Crippen LogP contribution in [0.1, 0.15) is 10.4 Å². The van der Waals surface area contributed by atoms with Crippen LogP contribution >= 0.6 is 23.2 Å². The third-order valence-electron chi connectivity index (χ3n) is 1.19. The number of esters is 1. The molecule has 0 aliphatic carbocycles. The van der Waals surface area contributed by atoms with E-state index in [2.05, 4.69) is 4.74 Å². The van der Waals surface area contributed by atoms with E-state index in [0.29, 0.717) is 5.56 Å². The minimum absolute atomic E-state index is 0.194. The van der Waals surface area contributed by atoms with E-state index in [0.717, 1.165) is 0 Å². The van der Waals surface area contributed by atoms with Crippen molar-refractivity contribution in [1.29, 1.82) is 0 Å². The number of benzene rings is 1. The lowest BCUT2D eigenvalue weighted by Crippen LogP contribution is -1.99. The second kappa shape index (κ2) is 7.90. The van der Waals surface area contributed by atoms with E-state index in [1.165, 1.54) is 7.11 Å². The summed E-state index contributed by atoms with van der Waals surface area (Å²) in [6.45, 7) is 0. The van der Waals surface area contributed by atoms with Crippen LogP contribution in [0.25, 0.3) is 0 Å². The van der Waals surface area contributed by atoms with Crippen molar-refractivity contribution in [2.45, 2.75) is 0 Å². The Morgan fingerprint density at radius 2 is 1.77 bits per heavy atom. The highest BCUT2D eigenvalue weighted by Crippen LogP contribution is 1.98. The van der Waals surface area contributed by atoms with Gasteiger partial charge in [0.15, 0.2) is 0 Å². The van der Waals surface area contributed by atoms with Gasteiger partial charge in [-0.3, -0.25) is 0 Å². The molecule has 2 nitrogen and oxygen atoms in total. The van der Waals surface area contributed by atoms with Crippen LogP contribution in [0.4, 0.5) is 0 Å². The number of alkyl halides is 2. The fourth-order valence-electron chi connectivity index (χ4n) is 0.692. The monoisotopic (exact) mass is 220 g/mol. The molecule has 0 aromatic heterocycles. The molecular weight excluding hydrogens is 211 g/mol. The van der Waals surface area contributed by atoms with E-state index in [9.17, 15) is 4.79 Å². The van der Waals surface area contributed by atoms with Crippen molar-refractivity contribution in [2.75, 3.05) is 12.4 Å². The van der Waals surface area contributed by atoms with Gasteiger partial charge in [-0.15, -0.1) is 23.2 Å². The number of hydrogen-bond donors (Lipinski definition) is 0. The SMILES string of the molecule is COC(=O)c1ccccc1.ClCCl. The van der Waals surface area contributed by atoms with E-state index < -0.39 is 0 Å².